The Labute approximate surface area is 33.9 Å². The van der Waals surface area contributed by atoms with Crippen molar-refractivity contribution in [3.63, 3.8) is 0 Å². The summed E-state index contributed by atoms with van der Waals surface area (Å²) in [6.45, 7) is 1.91. The molecule has 0 aromatic carbocycles. The van der Waals surface area contributed by atoms with E-state index in [9.17, 15) is 0 Å². The quantitative estimate of drug-likeness (QED) is 0.397. The van der Waals surface area contributed by atoms with Gasteiger partial charge in [0.05, 0.1) is 0 Å². The molecule has 1 heteroatoms. The van der Waals surface area contributed by atoms with E-state index < -0.39 is 0 Å². The van der Waals surface area contributed by atoms with Crippen LogP contribution in [0.3, 0.4) is 0 Å². The first-order valence-electron chi connectivity index (χ1n) is 1.07. The molecule has 0 spiro atoms. The maximum atomic E-state index is 2.68. The number of hydrogen-bond donors (Lipinski definition) is 0. The van der Waals surface area contributed by atoms with Gasteiger partial charge in [0.25, 0.3) is 0 Å². The Balaban J connectivity index is 3.11. The van der Waals surface area contributed by atoms with Crippen LogP contribution in [0.4, 0.5) is 0 Å². The summed E-state index contributed by atoms with van der Waals surface area (Å²) in [5.41, 5.74) is 0. The molecule has 22 valence electrons. The van der Waals surface area contributed by atoms with Gasteiger partial charge in [-0.2, -0.15) is 0 Å². The molecule has 0 nitrogen and oxygen atoms in total. The molecule has 0 unspecified atom stereocenters. The van der Waals surface area contributed by atoms with Crippen LogP contribution in [0.2, 0.25) is 0 Å². The van der Waals surface area contributed by atoms with E-state index in [0.717, 1.165) is 0 Å². The topological polar surface area (TPSA) is 0 Å². The van der Waals surface area contributed by atoms with Crippen molar-refractivity contribution in [2.45, 2.75) is 6.92 Å². The summed E-state index contributed by atoms with van der Waals surface area (Å²) in [7, 11) is 0. The van der Waals surface area contributed by atoms with Crippen molar-refractivity contribution < 1.29 is 0 Å². The average Bonchev–Trinajstić information content (AvgIpc) is 1.37. The maximum absolute atomic E-state index is 2.68. The van der Waals surface area contributed by atoms with Crippen LogP contribution in [-0.4, -0.2) is 20.2 Å². The van der Waals surface area contributed by atoms with E-state index in [2.05, 4.69) is 20.2 Å². The molecule has 0 N–H and O–H groups in total. The van der Waals surface area contributed by atoms with Crippen LogP contribution in [-0.2, 0) is 0 Å². The summed E-state index contributed by atoms with van der Waals surface area (Å²) in [4.78, 5) is 0. The Hall–Kier alpha value is 0.169. The van der Waals surface area contributed by atoms with Crippen molar-refractivity contribution in [1.82, 2.24) is 0 Å². The van der Waals surface area contributed by atoms with E-state index >= 15 is 0 Å². The fourth-order valence-electron chi connectivity index (χ4n) is 0. The summed E-state index contributed by atoms with van der Waals surface area (Å²) >= 11 is 2.59. The van der Waals surface area contributed by atoms with Gasteiger partial charge in [0, 0.05) is 0 Å². The summed E-state index contributed by atoms with van der Waals surface area (Å²) in [6.07, 6.45) is 1.82. The second-order valence-corrected chi connectivity index (χ2v) is 0.901. The fourth-order valence-corrected chi connectivity index (χ4v) is 0. The fraction of sp³-hybridized carbons (Fsp3) is 0.333. The first-order chi connectivity index (χ1) is 1.91. The zero-order chi connectivity index (χ0) is 3.41. The van der Waals surface area contributed by atoms with E-state index in [-0.39, 0.29) is 0 Å². The second-order valence-electron chi connectivity index (χ2n) is 0.407. The molecule has 0 bridgehead atoms. The molecule has 0 fully saturated rings. The molecule has 0 atom stereocenters. The van der Waals surface area contributed by atoms with E-state index in [1.54, 1.807) is 0 Å². The minimum absolute atomic E-state index is 1.82. The third-order valence-electron chi connectivity index (χ3n) is 0.118. The van der Waals surface area contributed by atoms with Crippen LogP contribution in [0.1, 0.15) is 6.92 Å². The molecule has 0 aliphatic heterocycles. The van der Waals surface area contributed by atoms with Gasteiger partial charge in [-0.15, -0.1) is 0 Å². The summed E-state index contributed by atoms with van der Waals surface area (Å²) in [5.74, 6) is 0. The Kier molecular flexibility index (Phi) is 3.30. The molecular formula is C3H4Se. The van der Waals surface area contributed by atoms with Gasteiger partial charge in [0.1, 0.15) is 0 Å². The molecule has 0 aliphatic rings. The third kappa shape index (κ3) is 2.17. The molecule has 0 rings (SSSR count). The Morgan fingerprint density at radius 1 is 2.00 bits per heavy atom. The van der Waals surface area contributed by atoms with Crippen molar-refractivity contribution in [1.29, 1.82) is 0 Å². The normalized spacial score (nSPS) is 4.25. The standard InChI is InChI=1S/C3H4Se/c1-2-3-4/h2H,1H3. The number of allylic oxidation sites excluding steroid dienone is 1. The third-order valence-corrected chi connectivity index (χ3v) is 0.612. The van der Waals surface area contributed by atoms with Crippen molar-refractivity contribution in [3.05, 3.63) is 6.08 Å². The number of rotatable bonds is 0. The zero-order valence-electron chi connectivity index (χ0n) is 2.49. The van der Waals surface area contributed by atoms with E-state index in [1.807, 2.05) is 13.0 Å². The van der Waals surface area contributed by atoms with Gasteiger partial charge < -0.3 is 0 Å². The molecule has 0 saturated heterocycles. The van der Waals surface area contributed by atoms with Gasteiger partial charge in [-0.05, 0) is 0 Å². The Morgan fingerprint density at radius 2 is 2.25 bits per heavy atom. The minimum atomic E-state index is 1.82. The van der Waals surface area contributed by atoms with Gasteiger partial charge in [0.15, 0.2) is 0 Å². The van der Waals surface area contributed by atoms with Crippen molar-refractivity contribution in [3.8, 4) is 0 Å². The monoisotopic (exact) mass is 120 g/mol. The molecule has 0 aromatic heterocycles. The van der Waals surface area contributed by atoms with Crippen molar-refractivity contribution in [2.24, 2.45) is 0 Å². The van der Waals surface area contributed by atoms with Gasteiger partial charge >= 0.3 is 33.2 Å². The second kappa shape index (κ2) is 3.17. The summed E-state index contributed by atoms with van der Waals surface area (Å²) in [5, 5.41) is 0. The van der Waals surface area contributed by atoms with Crippen LogP contribution >= 0.6 is 0 Å². The van der Waals surface area contributed by atoms with Crippen molar-refractivity contribution >= 4 is 20.2 Å². The predicted octanol–water partition coefficient (Wildman–Crippen LogP) is 0.132. The average molecular weight is 119 g/mol. The molecule has 0 heterocycles. The van der Waals surface area contributed by atoms with Crippen molar-refractivity contribution in [2.75, 3.05) is 0 Å². The van der Waals surface area contributed by atoms with Gasteiger partial charge in [-0.3, -0.25) is 0 Å². The zero-order valence-corrected chi connectivity index (χ0v) is 4.20. The molecule has 0 aliphatic carbocycles. The van der Waals surface area contributed by atoms with E-state index in [0.29, 0.717) is 0 Å². The molecule has 4 heavy (non-hydrogen) atoms. The first-order valence-corrected chi connectivity index (χ1v) is 1.93. The predicted molar refractivity (Wildman–Crippen MR) is 21.0 cm³/mol. The Bertz CT molecular complexity index is 41.2. The summed E-state index contributed by atoms with van der Waals surface area (Å²) in [6, 6.07) is 0. The van der Waals surface area contributed by atoms with Gasteiger partial charge in [0.2, 0.25) is 0 Å². The van der Waals surface area contributed by atoms with Crippen LogP contribution < -0.4 is 0 Å². The molecule has 0 radical (unpaired) electrons. The first kappa shape index (κ1) is 4.17. The number of hydrogen-bond acceptors (Lipinski definition) is 0. The van der Waals surface area contributed by atoms with E-state index in [1.165, 1.54) is 0 Å². The van der Waals surface area contributed by atoms with Crippen LogP contribution in [0.15, 0.2) is 6.08 Å². The van der Waals surface area contributed by atoms with Crippen LogP contribution in [0, 0.1) is 0 Å². The molecule has 0 saturated carbocycles. The van der Waals surface area contributed by atoms with Crippen LogP contribution in [0.25, 0.3) is 0 Å². The Morgan fingerprint density at radius 3 is 2.25 bits per heavy atom. The molecule has 0 amide bonds. The molecular weight excluding hydrogens is 115 g/mol. The van der Waals surface area contributed by atoms with Crippen LogP contribution in [0.5, 0.6) is 0 Å². The van der Waals surface area contributed by atoms with E-state index in [4.69, 9.17) is 0 Å². The molecule has 0 aromatic rings. The van der Waals surface area contributed by atoms with Gasteiger partial charge in [-0.1, -0.05) is 0 Å². The van der Waals surface area contributed by atoms with Gasteiger partial charge in [-0.25, -0.2) is 0 Å². The SMILES string of the molecule is CC=C=[Se]. The summed E-state index contributed by atoms with van der Waals surface area (Å²) < 4.78 is 2.68.